The Hall–Kier alpha value is -4.26. The minimum Gasteiger partial charge on any atom is -0.490 e. The number of hydrogen-bond donors (Lipinski definition) is 1. The van der Waals surface area contributed by atoms with Crippen LogP contribution >= 0.6 is 0 Å². The second-order valence-corrected chi connectivity index (χ2v) is 9.24. The van der Waals surface area contributed by atoms with Crippen molar-refractivity contribution in [2.24, 2.45) is 0 Å². The number of nitrogens with one attached hydrogen (secondary N) is 1. The lowest BCUT2D eigenvalue weighted by Gasteiger charge is -2.12. The van der Waals surface area contributed by atoms with Gasteiger partial charge in [-0.05, 0) is 72.9 Å². The van der Waals surface area contributed by atoms with Crippen LogP contribution in [0.4, 0.5) is 5.69 Å². The summed E-state index contributed by atoms with van der Waals surface area (Å²) in [5, 5.41) is 7.33. The van der Waals surface area contributed by atoms with E-state index in [-0.39, 0.29) is 5.91 Å². The predicted octanol–water partition coefficient (Wildman–Crippen LogP) is 6.68. The molecule has 0 aliphatic rings. The van der Waals surface area contributed by atoms with Gasteiger partial charge in [0, 0.05) is 11.8 Å². The van der Waals surface area contributed by atoms with Crippen molar-refractivity contribution in [3.8, 4) is 17.2 Å². The highest BCUT2D eigenvalue weighted by Crippen LogP contribution is 2.29. The molecule has 1 heterocycles. The van der Waals surface area contributed by atoms with Crippen LogP contribution in [0.15, 0.2) is 79.1 Å². The maximum absolute atomic E-state index is 12.9. The number of carbonyl (C=O) groups is 1. The summed E-state index contributed by atoms with van der Waals surface area (Å²) in [7, 11) is 0. The highest BCUT2D eigenvalue weighted by Gasteiger charge is 2.11. The van der Waals surface area contributed by atoms with Gasteiger partial charge in [0.25, 0.3) is 5.91 Å². The van der Waals surface area contributed by atoms with Crippen molar-refractivity contribution in [1.29, 1.82) is 0 Å². The fraction of sp³-hybridized carbons (Fsp3) is 0.290. The van der Waals surface area contributed by atoms with Crippen molar-refractivity contribution >= 4 is 11.6 Å². The number of nitrogens with zero attached hydrogens (tertiary/aromatic N) is 2. The summed E-state index contributed by atoms with van der Waals surface area (Å²) in [6, 6.07) is 21.4. The van der Waals surface area contributed by atoms with E-state index in [1.807, 2.05) is 68.6 Å². The third kappa shape index (κ3) is 7.16. The molecule has 0 unspecified atom stereocenters. The van der Waals surface area contributed by atoms with Crippen LogP contribution in [0.5, 0.6) is 17.2 Å². The molecular formula is C31H35N3O4. The van der Waals surface area contributed by atoms with Gasteiger partial charge < -0.3 is 19.5 Å². The van der Waals surface area contributed by atoms with Crippen molar-refractivity contribution in [1.82, 2.24) is 9.78 Å². The van der Waals surface area contributed by atoms with Crippen LogP contribution in [0.3, 0.4) is 0 Å². The fourth-order valence-electron chi connectivity index (χ4n) is 4.02. The minimum absolute atomic E-state index is 0.201. The quantitative estimate of drug-likeness (QED) is 0.229. The topological polar surface area (TPSA) is 74.6 Å². The van der Waals surface area contributed by atoms with Gasteiger partial charge in [-0.15, -0.1) is 0 Å². The van der Waals surface area contributed by atoms with Gasteiger partial charge in [0.1, 0.15) is 12.4 Å². The summed E-state index contributed by atoms with van der Waals surface area (Å²) in [6.07, 6.45) is 3.45. The molecule has 0 aliphatic heterocycles. The van der Waals surface area contributed by atoms with Crippen LogP contribution < -0.4 is 19.5 Å². The molecule has 0 radical (unpaired) electrons. The molecule has 1 amide bonds. The summed E-state index contributed by atoms with van der Waals surface area (Å²) in [6.45, 7) is 10.3. The second-order valence-electron chi connectivity index (χ2n) is 9.24. The standard InChI is InChI=1S/C31H35N3O4/c1-5-36-29-15-10-23(17-30(29)37-6-2)19-34-20-27(18-32-34)33-31(35)26-9-7-8-24(16-26)21-38-28-13-11-25(12-14-28)22(3)4/h7-18,20,22H,5-6,19,21H2,1-4H3,(H,33,35). The van der Waals surface area contributed by atoms with Crippen molar-refractivity contribution in [2.45, 2.75) is 46.8 Å². The van der Waals surface area contributed by atoms with E-state index in [2.05, 4.69) is 36.4 Å². The average Bonchev–Trinajstić information content (AvgIpc) is 3.36. The number of hydrogen-bond acceptors (Lipinski definition) is 5. The number of anilines is 1. The number of carbonyl (C=O) groups excluding carboxylic acids is 1. The highest BCUT2D eigenvalue weighted by molar-refractivity contribution is 6.04. The van der Waals surface area contributed by atoms with Crippen molar-refractivity contribution in [2.75, 3.05) is 18.5 Å². The fourth-order valence-corrected chi connectivity index (χ4v) is 4.02. The molecule has 0 saturated heterocycles. The van der Waals surface area contributed by atoms with Crippen LogP contribution in [-0.4, -0.2) is 28.9 Å². The van der Waals surface area contributed by atoms with Gasteiger partial charge >= 0.3 is 0 Å². The molecular weight excluding hydrogens is 478 g/mol. The van der Waals surface area contributed by atoms with Crippen molar-refractivity contribution < 1.29 is 19.0 Å². The van der Waals surface area contributed by atoms with E-state index in [0.717, 1.165) is 22.6 Å². The van der Waals surface area contributed by atoms with Gasteiger partial charge in [-0.2, -0.15) is 5.10 Å². The third-order valence-corrected chi connectivity index (χ3v) is 5.98. The first-order chi connectivity index (χ1) is 18.4. The Bertz CT molecular complexity index is 1350. The number of benzene rings is 3. The minimum atomic E-state index is -0.201. The lowest BCUT2D eigenvalue weighted by molar-refractivity contribution is 0.102. The molecule has 38 heavy (non-hydrogen) atoms. The van der Waals surface area contributed by atoms with E-state index in [4.69, 9.17) is 14.2 Å². The predicted molar refractivity (Wildman–Crippen MR) is 149 cm³/mol. The Balaban J connectivity index is 1.35. The zero-order valence-corrected chi connectivity index (χ0v) is 22.4. The molecule has 0 aliphatic carbocycles. The van der Waals surface area contributed by atoms with Gasteiger partial charge in [-0.1, -0.05) is 44.2 Å². The van der Waals surface area contributed by atoms with E-state index < -0.39 is 0 Å². The summed E-state index contributed by atoms with van der Waals surface area (Å²) in [5.74, 6) is 2.52. The highest BCUT2D eigenvalue weighted by atomic mass is 16.5. The molecule has 7 nitrogen and oxygen atoms in total. The molecule has 4 aromatic rings. The van der Waals surface area contributed by atoms with Gasteiger partial charge in [-0.3, -0.25) is 9.48 Å². The SMILES string of the molecule is CCOc1ccc(Cn2cc(NC(=O)c3cccc(COc4ccc(C(C)C)cc4)c3)cn2)cc1OCC. The first kappa shape index (κ1) is 26.8. The van der Waals surface area contributed by atoms with Crippen LogP contribution in [0.2, 0.25) is 0 Å². The summed E-state index contributed by atoms with van der Waals surface area (Å²) in [4.78, 5) is 12.9. The zero-order chi connectivity index (χ0) is 26.9. The Kier molecular flexibility index (Phi) is 9.03. The van der Waals surface area contributed by atoms with Gasteiger partial charge in [0.15, 0.2) is 11.5 Å². The summed E-state index contributed by atoms with van der Waals surface area (Å²) >= 11 is 0. The smallest absolute Gasteiger partial charge is 0.255 e. The van der Waals surface area contributed by atoms with Crippen LogP contribution in [0, 0.1) is 0 Å². The number of aromatic nitrogens is 2. The Labute approximate surface area is 224 Å². The zero-order valence-electron chi connectivity index (χ0n) is 22.4. The second kappa shape index (κ2) is 12.8. The average molecular weight is 514 g/mol. The molecule has 198 valence electrons. The number of rotatable bonds is 12. The Morgan fingerprint density at radius 3 is 2.39 bits per heavy atom. The van der Waals surface area contributed by atoms with E-state index in [0.29, 0.717) is 49.3 Å². The largest absolute Gasteiger partial charge is 0.490 e. The molecule has 0 saturated carbocycles. The van der Waals surface area contributed by atoms with Crippen LogP contribution in [-0.2, 0) is 13.2 Å². The molecule has 0 atom stereocenters. The summed E-state index contributed by atoms with van der Waals surface area (Å²) < 4.78 is 19.1. The number of ether oxygens (including phenoxy) is 3. The van der Waals surface area contributed by atoms with Gasteiger partial charge in [0.05, 0.1) is 31.6 Å². The first-order valence-electron chi connectivity index (χ1n) is 13.0. The molecule has 0 spiro atoms. The van der Waals surface area contributed by atoms with Crippen molar-refractivity contribution in [3.05, 3.63) is 101 Å². The monoisotopic (exact) mass is 513 g/mol. The van der Waals surface area contributed by atoms with Gasteiger partial charge in [0.2, 0.25) is 0 Å². The molecule has 0 fully saturated rings. The lowest BCUT2D eigenvalue weighted by Crippen LogP contribution is -2.12. The molecule has 0 bridgehead atoms. The van der Waals surface area contributed by atoms with Crippen LogP contribution in [0.1, 0.15) is 60.7 Å². The first-order valence-corrected chi connectivity index (χ1v) is 13.0. The summed E-state index contributed by atoms with van der Waals surface area (Å²) in [5.41, 5.74) is 4.39. The van der Waals surface area contributed by atoms with Crippen LogP contribution in [0.25, 0.3) is 0 Å². The molecule has 7 heteroatoms. The lowest BCUT2D eigenvalue weighted by atomic mass is 10.0. The Morgan fingerprint density at radius 2 is 1.66 bits per heavy atom. The maximum Gasteiger partial charge on any atom is 0.255 e. The molecule has 3 aromatic carbocycles. The molecule has 1 N–H and O–H groups in total. The normalized spacial score (nSPS) is 10.9. The molecule has 1 aromatic heterocycles. The van der Waals surface area contributed by atoms with Crippen molar-refractivity contribution in [3.63, 3.8) is 0 Å². The van der Waals surface area contributed by atoms with E-state index in [9.17, 15) is 4.79 Å². The van der Waals surface area contributed by atoms with E-state index in [1.54, 1.807) is 16.9 Å². The molecule has 4 rings (SSSR count). The van der Waals surface area contributed by atoms with E-state index >= 15 is 0 Å². The van der Waals surface area contributed by atoms with E-state index in [1.165, 1.54) is 5.56 Å². The number of amides is 1. The third-order valence-electron chi connectivity index (χ3n) is 5.98. The maximum atomic E-state index is 12.9. The van der Waals surface area contributed by atoms with Gasteiger partial charge in [-0.25, -0.2) is 0 Å². The Morgan fingerprint density at radius 1 is 0.895 bits per heavy atom.